The summed E-state index contributed by atoms with van der Waals surface area (Å²) in [5.74, 6) is 0.853. The first kappa shape index (κ1) is 26.1. The zero-order valence-corrected chi connectivity index (χ0v) is 23.2. The number of hydrogen-bond donors (Lipinski definition) is 3. The number of likely N-dealkylation sites (tertiary alicyclic amines) is 1. The van der Waals surface area contributed by atoms with Gasteiger partial charge >= 0.3 is 0 Å². The lowest BCUT2D eigenvalue weighted by Gasteiger charge is -2.27. The lowest BCUT2D eigenvalue weighted by molar-refractivity contribution is 0.0903. The van der Waals surface area contributed by atoms with Gasteiger partial charge in [-0.3, -0.25) is 14.5 Å². The number of ether oxygens (including phenoxy) is 1. The monoisotopic (exact) mass is 532 g/mol. The summed E-state index contributed by atoms with van der Waals surface area (Å²) >= 11 is 0. The van der Waals surface area contributed by atoms with E-state index in [0.717, 1.165) is 91.3 Å². The molecule has 3 aromatic rings. The lowest BCUT2D eigenvalue weighted by Crippen LogP contribution is -2.30. The molecule has 2 saturated heterocycles. The molecule has 1 unspecified atom stereocenters. The van der Waals surface area contributed by atoms with Crippen LogP contribution >= 0.6 is 0 Å². The number of nitrogens with one attached hydrogen (secondary N) is 3. The van der Waals surface area contributed by atoms with Crippen molar-refractivity contribution < 1.29 is 13.9 Å². The summed E-state index contributed by atoms with van der Waals surface area (Å²) < 4.78 is 12.0. The summed E-state index contributed by atoms with van der Waals surface area (Å²) in [6.45, 7) is 8.67. The number of benzene rings is 1. The van der Waals surface area contributed by atoms with Crippen molar-refractivity contribution >= 4 is 22.6 Å². The van der Waals surface area contributed by atoms with Gasteiger partial charge in [0.05, 0.1) is 12.1 Å². The maximum atomic E-state index is 13.9. The quantitative estimate of drug-likeness (QED) is 0.428. The van der Waals surface area contributed by atoms with Crippen LogP contribution in [0, 0.1) is 6.92 Å². The number of hydrogen-bond acceptors (Lipinski definition) is 6. The molecule has 0 bridgehead atoms. The standard InChI is InChI=1S/C31H40N4O4/c1-3-20-14-24-27(34-21-7-11-38-12-8-21)16-28-25(15-22(39-28)18-35-9-5-4-6-10-35)29(24)31(37)32-17-26-23(20)13-19(2)33-30(26)36/h13,15-16,20-21,34H,3-12,14,17-18H2,1-2H3,(H,32,37)(H,33,36). The minimum atomic E-state index is -0.154. The Morgan fingerprint density at radius 2 is 1.85 bits per heavy atom. The summed E-state index contributed by atoms with van der Waals surface area (Å²) in [5, 5.41) is 7.73. The van der Waals surface area contributed by atoms with Gasteiger partial charge in [0.1, 0.15) is 11.3 Å². The molecule has 0 spiro atoms. The average Bonchev–Trinajstić information content (AvgIpc) is 3.34. The van der Waals surface area contributed by atoms with Crippen molar-refractivity contribution in [1.29, 1.82) is 0 Å². The van der Waals surface area contributed by atoms with E-state index in [1.54, 1.807) is 0 Å². The molecular weight excluding hydrogens is 492 g/mol. The number of pyridine rings is 1. The minimum Gasteiger partial charge on any atom is -0.460 e. The number of carbonyl (C=O) groups is 1. The third kappa shape index (κ3) is 5.37. The topological polar surface area (TPSA) is 99.6 Å². The number of anilines is 1. The van der Waals surface area contributed by atoms with E-state index in [9.17, 15) is 9.59 Å². The molecule has 3 aliphatic rings. The van der Waals surface area contributed by atoms with Crippen molar-refractivity contribution in [2.45, 2.75) is 83.8 Å². The molecule has 2 fully saturated rings. The molecule has 0 radical (unpaired) electrons. The molecule has 1 aromatic carbocycles. The minimum absolute atomic E-state index is 0.111. The number of aryl methyl sites for hydroxylation is 1. The van der Waals surface area contributed by atoms with Crippen LogP contribution in [-0.4, -0.2) is 48.1 Å². The van der Waals surface area contributed by atoms with E-state index in [4.69, 9.17) is 9.15 Å². The molecule has 8 heteroatoms. The molecule has 39 heavy (non-hydrogen) atoms. The van der Waals surface area contributed by atoms with E-state index >= 15 is 0 Å². The predicted molar refractivity (Wildman–Crippen MR) is 153 cm³/mol. The largest absolute Gasteiger partial charge is 0.460 e. The highest BCUT2D eigenvalue weighted by molar-refractivity contribution is 6.09. The molecule has 5 heterocycles. The highest BCUT2D eigenvalue weighted by Gasteiger charge is 2.29. The number of fused-ring (bicyclic) bond motifs is 4. The summed E-state index contributed by atoms with van der Waals surface area (Å²) in [7, 11) is 0. The molecule has 8 nitrogen and oxygen atoms in total. The van der Waals surface area contributed by atoms with Gasteiger partial charge in [0.15, 0.2) is 0 Å². The third-order valence-corrected chi connectivity index (χ3v) is 8.73. The second kappa shape index (κ2) is 11.2. The molecule has 3 aliphatic heterocycles. The fraction of sp³-hybridized carbons (Fsp3) is 0.548. The number of amides is 1. The second-order valence-electron chi connectivity index (χ2n) is 11.5. The highest BCUT2D eigenvalue weighted by Crippen LogP contribution is 2.38. The van der Waals surface area contributed by atoms with Gasteiger partial charge in [-0.1, -0.05) is 13.3 Å². The predicted octanol–water partition coefficient (Wildman–Crippen LogP) is 4.99. The number of H-pyrrole nitrogens is 1. The Morgan fingerprint density at radius 1 is 1.05 bits per heavy atom. The molecule has 1 atom stereocenters. The second-order valence-corrected chi connectivity index (χ2v) is 11.5. The van der Waals surface area contributed by atoms with Crippen molar-refractivity contribution in [3.63, 3.8) is 0 Å². The number of rotatable bonds is 5. The lowest BCUT2D eigenvalue weighted by atomic mass is 9.85. The van der Waals surface area contributed by atoms with E-state index in [-0.39, 0.29) is 30.0 Å². The van der Waals surface area contributed by atoms with E-state index in [1.807, 2.05) is 6.92 Å². The molecule has 0 saturated carbocycles. The van der Waals surface area contributed by atoms with Crippen LogP contribution in [0.1, 0.15) is 89.9 Å². The van der Waals surface area contributed by atoms with Crippen molar-refractivity contribution in [3.8, 4) is 0 Å². The number of aromatic nitrogens is 1. The number of furan rings is 1. The van der Waals surface area contributed by atoms with Crippen LogP contribution in [0.2, 0.25) is 0 Å². The highest BCUT2D eigenvalue weighted by atomic mass is 16.5. The first-order chi connectivity index (χ1) is 19.0. The SMILES string of the molecule is CCC1Cc2c(NC3CCOCC3)cc3oc(CN4CCCCC4)cc3c2C(=O)NCc2c1cc(C)[nH]c2=O. The zero-order valence-electron chi connectivity index (χ0n) is 23.2. The van der Waals surface area contributed by atoms with Gasteiger partial charge in [0.25, 0.3) is 11.5 Å². The van der Waals surface area contributed by atoms with Gasteiger partial charge < -0.3 is 24.8 Å². The summed E-state index contributed by atoms with van der Waals surface area (Å²) in [6, 6.07) is 6.53. The number of carbonyl (C=O) groups excluding carboxylic acids is 1. The first-order valence-electron chi connectivity index (χ1n) is 14.7. The van der Waals surface area contributed by atoms with Crippen LogP contribution < -0.4 is 16.2 Å². The van der Waals surface area contributed by atoms with Crippen molar-refractivity contribution in [1.82, 2.24) is 15.2 Å². The van der Waals surface area contributed by atoms with Gasteiger partial charge in [0, 0.05) is 54.2 Å². The Balaban J connectivity index is 1.48. The van der Waals surface area contributed by atoms with Crippen LogP contribution in [0.4, 0.5) is 5.69 Å². The van der Waals surface area contributed by atoms with Gasteiger partial charge in [-0.05, 0) is 87.7 Å². The van der Waals surface area contributed by atoms with Gasteiger partial charge in [-0.15, -0.1) is 0 Å². The van der Waals surface area contributed by atoms with Crippen molar-refractivity contribution in [2.24, 2.45) is 0 Å². The van der Waals surface area contributed by atoms with E-state index < -0.39 is 0 Å². The number of piperidine rings is 1. The Morgan fingerprint density at radius 3 is 2.62 bits per heavy atom. The molecule has 208 valence electrons. The van der Waals surface area contributed by atoms with Crippen molar-refractivity contribution in [3.05, 3.63) is 62.3 Å². The molecular formula is C31H40N4O4. The molecule has 0 aliphatic carbocycles. The van der Waals surface area contributed by atoms with Crippen LogP contribution in [0.15, 0.2) is 27.4 Å². The summed E-state index contributed by atoms with van der Waals surface area (Å²) in [4.78, 5) is 32.3. The number of aromatic amines is 1. The molecule has 3 N–H and O–H groups in total. The fourth-order valence-electron chi connectivity index (χ4n) is 6.62. The smallest absolute Gasteiger partial charge is 0.253 e. The van der Waals surface area contributed by atoms with Crippen molar-refractivity contribution in [2.75, 3.05) is 31.6 Å². The van der Waals surface area contributed by atoms with Gasteiger partial charge in [0.2, 0.25) is 0 Å². The van der Waals surface area contributed by atoms with E-state index in [0.29, 0.717) is 17.5 Å². The molecule has 1 amide bonds. The fourth-order valence-corrected chi connectivity index (χ4v) is 6.62. The average molecular weight is 533 g/mol. The Labute approximate surface area is 229 Å². The first-order valence-corrected chi connectivity index (χ1v) is 14.7. The Hall–Kier alpha value is -3.10. The maximum absolute atomic E-state index is 13.9. The summed E-state index contributed by atoms with van der Waals surface area (Å²) in [6.07, 6.45) is 7.10. The van der Waals surface area contributed by atoms with E-state index in [1.165, 1.54) is 19.3 Å². The van der Waals surface area contributed by atoms with Crippen LogP contribution in [0.5, 0.6) is 0 Å². The van der Waals surface area contributed by atoms with Gasteiger partial charge in [-0.25, -0.2) is 0 Å². The summed E-state index contributed by atoms with van der Waals surface area (Å²) in [5.41, 5.74) is 5.79. The normalized spacial score (nSPS) is 21.0. The Bertz CT molecular complexity index is 1410. The Kier molecular flexibility index (Phi) is 7.49. The van der Waals surface area contributed by atoms with E-state index in [2.05, 4.69) is 45.6 Å². The van der Waals surface area contributed by atoms with Crippen LogP contribution in [-0.2, 0) is 24.2 Å². The maximum Gasteiger partial charge on any atom is 0.253 e. The van der Waals surface area contributed by atoms with Crippen LogP contribution in [0.3, 0.4) is 0 Å². The number of nitrogens with zero attached hydrogens (tertiary/aromatic N) is 1. The van der Waals surface area contributed by atoms with Gasteiger partial charge in [-0.2, -0.15) is 0 Å². The third-order valence-electron chi connectivity index (χ3n) is 8.73. The molecule has 6 rings (SSSR count). The van der Waals surface area contributed by atoms with Crippen LogP contribution in [0.25, 0.3) is 11.0 Å². The zero-order chi connectivity index (χ0) is 26.9. The molecule has 2 aromatic heterocycles.